The molecule has 0 aliphatic heterocycles. The van der Waals surface area contributed by atoms with Crippen molar-refractivity contribution in [1.82, 2.24) is 9.88 Å². The van der Waals surface area contributed by atoms with Gasteiger partial charge in [-0.05, 0) is 30.7 Å². The van der Waals surface area contributed by atoms with Gasteiger partial charge in [0.2, 0.25) is 0 Å². The summed E-state index contributed by atoms with van der Waals surface area (Å²) in [6.45, 7) is 3.46. The van der Waals surface area contributed by atoms with Crippen LogP contribution in [0.15, 0.2) is 48.8 Å². The van der Waals surface area contributed by atoms with Gasteiger partial charge in [-0.15, -0.1) is 0 Å². The van der Waals surface area contributed by atoms with E-state index in [-0.39, 0.29) is 0 Å². The Labute approximate surface area is 121 Å². The summed E-state index contributed by atoms with van der Waals surface area (Å²) in [4.78, 5) is 0. The lowest BCUT2D eigenvalue weighted by Gasteiger charge is -2.13. The van der Waals surface area contributed by atoms with Gasteiger partial charge in [-0.3, -0.25) is 0 Å². The zero-order valence-corrected chi connectivity index (χ0v) is 12.4. The third-order valence-corrected chi connectivity index (χ3v) is 3.45. The lowest BCUT2D eigenvalue weighted by Crippen LogP contribution is -2.15. The first-order chi connectivity index (χ1) is 9.83. The van der Waals surface area contributed by atoms with E-state index in [1.54, 1.807) is 0 Å². The van der Waals surface area contributed by atoms with Gasteiger partial charge in [0.1, 0.15) is 6.73 Å². The van der Waals surface area contributed by atoms with Gasteiger partial charge < -0.3 is 14.6 Å². The molecule has 2 rings (SSSR count). The molecule has 0 saturated heterocycles. The minimum Gasteiger partial charge on any atom is -0.356 e. The highest BCUT2D eigenvalue weighted by molar-refractivity contribution is 5.15. The quantitative estimate of drug-likeness (QED) is 0.792. The molecule has 3 heteroatoms. The van der Waals surface area contributed by atoms with E-state index in [9.17, 15) is 0 Å². The van der Waals surface area contributed by atoms with Crippen molar-refractivity contribution in [1.29, 1.82) is 0 Å². The molecule has 1 aromatic carbocycles. The van der Waals surface area contributed by atoms with E-state index in [1.165, 1.54) is 17.5 Å². The van der Waals surface area contributed by atoms with Crippen LogP contribution in [0.2, 0.25) is 0 Å². The van der Waals surface area contributed by atoms with Crippen molar-refractivity contribution in [2.75, 3.05) is 7.05 Å². The second-order valence-corrected chi connectivity index (χ2v) is 5.05. The molecular weight excluding hydrogens is 248 g/mol. The fraction of sp³-hybridized carbons (Fsp3) is 0.412. The molecule has 0 amide bonds. The van der Waals surface area contributed by atoms with Crippen LogP contribution in [-0.2, 0) is 18.1 Å². The van der Waals surface area contributed by atoms with Crippen LogP contribution < -0.4 is 5.32 Å². The van der Waals surface area contributed by atoms with Crippen molar-refractivity contribution in [3.8, 4) is 0 Å². The SMILES string of the molecule is CCCC(NC)c1ccn(COCc2ccccc2)c1. The lowest BCUT2D eigenvalue weighted by atomic mass is 10.1. The minimum absolute atomic E-state index is 0.440. The van der Waals surface area contributed by atoms with Crippen LogP contribution in [-0.4, -0.2) is 11.6 Å². The molecule has 108 valence electrons. The predicted molar refractivity (Wildman–Crippen MR) is 82.4 cm³/mol. The van der Waals surface area contributed by atoms with Gasteiger partial charge in [0.15, 0.2) is 0 Å². The van der Waals surface area contributed by atoms with Crippen LogP contribution >= 0.6 is 0 Å². The molecule has 0 radical (unpaired) electrons. The minimum atomic E-state index is 0.440. The Balaban J connectivity index is 1.83. The van der Waals surface area contributed by atoms with E-state index < -0.39 is 0 Å². The number of aromatic nitrogens is 1. The Bertz CT molecular complexity index is 493. The summed E-state index contributed by atoms with van der Waals surface area (Å²) in [5.41, 5.74) is 2.54. The van der Waals surface area contributed by atoms with Crippen LogP contribution in [0.3, 0.4) is 0 Å². The number of hydrogen-bond acceptors (Lipinski definition) is 2. The summed E-state index contributed by atoms with van der Waals surface area (Å²) in [6, 6.07) is 12.9. The van der Waals surface area contributed by atoms with Gasteiger partial charge >= 0.3 is 0 Å². The summed E-state index contributed by atoms with van der Waals surface area (Å²) in [7, 11) is 2.02. The molecule has 0 saturated carbocycles. The van der Waals surface area contributed by atoms with Crippen molar-refractivity contribution in [3.63, 3.8) is 0 Å². The highest BCUT2D eigenvalue weighted by atomic mass is 16.5. The number of rotatable bonds is 8. The topological polar surface area (TPSA) is 26.2 Å². The first-order valence-electron chi connectivity index (χ1n) is 7.28. The third kappa shape index (κ3) is 4.22. The summed E-state index contributed by atoms with van der Waals surface area (Å²) in [5, 5.41) is 3.36. The molecule has 0 bridgehead atoms. The first kappa shape index (κ1) is 14.8. The van der Waals surface area contributed by atoms with E-state index in [4.69, 9.17) is 4.74 Å². The Hall–Kier alpha value is -1.58. The lowest BCUT2D eigenvalue weighted by molar-refractivity contribution is 0.0641. The van der Waals surface area contributed by atoms with Crippen LogP contribution in [0, 0.1) is 0 Å². The van der Waals surface area contributed by atoms with E-state index in [1.807, 2.05) is 25.2 Å². The fourth-order valence-electron chi connectivity index (χ4n) is 2.36. The fourth-order valence-corrected chi connectivity index (χ4v) is 2.36. The molecular formula is C17H24N2O. The Morgan fingerprint density at radius 2 is 2.00 bits per heavy atom. The molecule has 0 aliphatic carbocycles. The normalized spacial score (nSPS) is 12.5. The van der Waals surface area contributed by atoms with Crippen LogP contribution in [0.25, 0.3) is 0 Å². The summed E-state index contributed by atoms with van der Waals surface area (Å²) in [5.74, 6) is 0. The highest BCUT2D eigenvalue weighted by Gasteiger charge is 2.09. The molecule has 1 heterocycles. The molecule has 2 aromatic rings. The average Bonchev–Trinajstić information content (AvgIpc) is 2.94. The number of nitrogens with zero attached hydrogens (tertiary/aromatic N) is 1. The molecule has 1 atom stereocenters. The van der Waals surface area contributed by atoms with E-state index in [0.717, 1.165) is 6.42 Å². The molecule has 1 unspecified atom stereocenters. The van der Waals surface area contributed by atoms with Crippen LogP contribution in [0.5, 0.6) is 0 Å². The zero-order valence-electron chi connectivity index (χ0n) is 12.4. The zero-order chi connectivity index (χ0) is 14.2. The average molecular weight is 272 g/mol. The maximum absolute atomic E-state index is 5.73. The maximum Gasteiger partial charge on any atom is 0.122 e. The number of nitrogens with one attached hydrogen (secondary N) is 1. The maximum atomic E-state index is 5.73. The molecule has 1 aromatic heterocycles. The number of hydrogen-bond donors (Lipinski definition) is 1. The first-order valence-corrected chi connectivity index (χ1v) is 7.28. The van der Waals surface area contributed by atoms with E-state index in [2.05, 4.69) is 47.4 Å². The summed E-state index contributed by atoms with van der Waals surface area (Å²) < 4.78 is 7.83. The van der Waals surface area contributed by atoms with Crippen molar-refractivity contribution in [2.24, 2.45) is 0 Å². The Kier molecular flexibility index (Phi) is 5.84. The largest absolute Gasteiger partial charge is 0.356 e. The van der Waals surface area contributed by atoms with Gasteiger partial charge in [-0.25, -0.2) is 0 Å². The third-order valence-electron chi connectivity index (χ3n) is 3.45. The molecule has 0 fully saturated rings. The molecule has 20 heavy (non-hydrogen) atoms. The van der Waals surface area contributed by atoms with Crippen molar-refractivity contribution < 1.29 is 4.74 Å². The van der Waals surface area contributed by atoms with Crippen molar-refractivity contribution >= 4 is 0 Å². The van der Waals surface area contributed by atoms with Crippen LogP contribution in [0.1, 0.15) is 36.9 Å². The summed E-state index contributed by atoms with van der Waals surface area (Å²) in [6.07, 6.45) is 6.59. The molecule has 3 nitrogen and oxygen atoms in total. The van der Waals surface area contributed by atoms with Gasteiger partial charge in [-0.2, -0.15) is 0 Å². The molecule has 1 N–H and O–H groups in total. The second-order valence-electron chi connectivity index (χ2n) is 5.05. The molecule has 0 aliphatic rings. The van der Waals surface area contributed by atoms with Gasteiger partial charge in [-0.1, -0.05) is 43.7 Å². The van der Waals surface area contributed by atoms with E-state index >= 15 is 0 Å². The monoisotopic (exact) mass is 272 g/mol. The Morgan fingerprint density at radius 3 is 2.70 bits per heavy atom. The standard InChI is InChI=1S/C17H24N2O/c1-3-7-17(18-2)16-10-11-19(12-16)14-20-13-15-8-5-4-6-9-15/h4-6,8-12,17-18H,3,7,13-14H2,1-2H3. The number of ether oxygens (including phenoxy) is 1. The smallest absolute Gasteiger partial charge is 0.122 e. The van der Waals surface area contributed by atoms with Gasteiger partial charge in [0.25, 0.3) is 0 Å². The van der Waals surface area contributed by atoms with Gasteiger partial charge in [0.05, 0.1) is 6.61 Å². The molecule has 0 spiro atoms. The van der Waals surface area contributed by atoms with Crippen molar-refractivity contribution in [2.45, 2.75) is 39.1 Å². The van der Waals surface area contributed by atoms with E-state index in [0.29, 0.717) is 19.4 Å². The van der Waals surface area contributed by atoms with Crippen molar-refractivity contribution in [3.05, 3.63) is 59.9 Å². The highest BCUT2D eigenvalue weighted by Crippen LogP contribution is 2.18. The van der Waals surface area contributed by atoms with Crippen LogP contribution in [0.4, 0.5) is 0 Å². The van der Waals surface area contributed by atoms with Gasteiger partial charge in [0, 0.05) is 18.4 Å². The predicted octanol–water partition coefficient (Wildman–Crippen LogP) is 3.72. The second kappa shape index (κ2) is 7.88. The number of benzene rings is 1. The Morgan fingerprint density at radius 1 is 1.20 bits per heavy atom. The summed E-state index contributed by atoms with van der Waals surface area (Å²) >= 11 is 0.